The van der Waals surface area contributed by atoms with E-state index < -0.39 is 4.92 Å². The number of carbonyl (C=O) groups is 1. The van der Waals surface area contributed by atoms with E-state index in [1.54, 1.807) is 23.9 Å². The van der Waals surface area contributed by atoms with E-state index in [2.05, 4.69) is 22.1 Å². The highest BCUT2D eigenvalue weighted by Gasteiger charge is 2.16. The minimum absolute atomic E-state index is 0.0186. The molecule has 1 aromatic heterocycles. The number of amides is 1. The zero-order valence-corrected chi connectivity index (χ0v) is 21.4. The molecule has 178 valence electrons. The highest BCUT2D eigenvalue weighted by atomic mass is 35.5. The summed E-state index contributed by atoms with van der Waals surface area (Å²) in [4.78, 5) is 22.8. The maximum Gasteiger partial charge on any atom is 0.271 e. The molecule has 0 spiro atoms. The molecular formula is C21H18Cl3N5O3S2. The van der Waals surface area contributed by atoms with Gasteiger partial charge in [-0.1, -0.05) is 58.7 Å². The Morgan fingerprint density at radius 3 is 2.59 bits per heavy atom. The zero-order valence-electron chi connectivity index (χ0n) is 17.5. The Bertz CT molecular complexity index is 1220. The van der Waals surface area contributed by atoms with Crippen molar-refractivity contribution in [3.8, 4) is 0 Å². The molecule has 13 heteroatoms. The molecular weight excluding hydrogens is 541 g/mol. The number of thioether (sulfide) groups is 2. The normalized spacial score (nSPS) is 10.8. The van der Waals surface area contributed by atoms with Gasteiger partial charge in [0.15, 0.2) is 5.16 Å². The lowest BCUT2D eigenvalue weighted by atomic mass is 10.2. The first-order chi connectivity index (χ1) is 16.3. The van der Waals surface area contributed by atoms with Gasteiger partial charge in [-0.25, -0.2) is 0 Å². The number of anilines is 1. The first-order valence-electron chi connectivity index (χ1n) is 9.69. The van der Waals surface area contributed by atoms with Crippen LogP contribution in [0.5, 0.6) is 0 Å². The largest absolute Gasteiger partial charge is 0.324 e. The van der Waals surface area contributed by atoms with Crippen LogP contribution in [0, 0.1) is 10.1 Å². The number of nitro groups is 1. The van der Waals surface area contributed by atoms with Crippen LogP contribution in [0.4, 0.5) is 11.4 Å². The first kappa shape index (κ1) is 26.4. The van der Waals surface area contributed by atoms with Crippen molar-refractivity contribution in [3.63, 3.8) is 0 Å². The van der Waals surface area contributed by atoms with Gasteiger partial charge in [0, 0.05) is 24.4 Å². The molecule has 3 rings (SSSR count). The third kappa shape index (κ3) is 7.13. The second kappa shape index (κ2) is 12.5. The number of non-ortho nitro benzene ring substituents is 1. The lowest BCUT2D eigenvalue weighted by molar-refractivity contribution is -0.384. The van der Waals surface area contributed by atoms with Gasteiger partial charge in [-0.2, -0.15) is 0 Å². The Kier molecular flexibility index (Phi) is 9.66. The van der Waals surface area contributed by atoms with E-state index in [1.165, 1.54) is 30.0 Å². The summed E-state index contributed by atoms with van der Waals surface area (Å²) >= 11 is 20.9. The topological polar surface area (TPSA) is 103 Å². The molecule has 0 unspecified atom stereocenters. The van der Waals surface area contributed by atoms with Crippen LogP contribution < -0.4 is 5.32 Å². The van der Waals surface area contributed by atoms with Gasteiger partial charge >= 0.3 is 0 Å². The fraction of sp³-hybridized carbons (Fsp3) is 0.190. The van der Waals surface area contributed by atoms with Crippen LogP contribution in [0.1, 0.15) is 11.4 Å². The number of hydrogen-bond acceptors (Lipinski definition) is 7. The maximum absolute atomic E-state index is 12.4. The standard InChI is InChI=1S/C21H18Cl3N5O3S2/c1-2-7-28-19(11-33-10-13-3-5-15(22)17(24)8-13)26-27-21(28)34-12-20(30)25-18-9-14(29(31)32)4-6-16(18)23/h2-6,8-9H,1,7,10-12H2,(H,25,30). The Hall–Kier alpha value is -2.24. The van der Waals surface area contributed by atoms with Gasteiger partial charge in [0.2, 0.25) is 5.91 Å². The average Bonchev–Trinajstić information content (AvgIpc) is 3.18. The minimum atomic E-state index is -0.556. The summed E-state index contributed by atoms with van der Waals surface area (Å²) in [5.74, 6) is 1.69. The number of benzene rings is 2. The molecule has 0 saturated heterocycles. The summed E-state index contributed by atoms with van der Waals surface area (Å²) in [6, 6.07) is 9.37. The fourth-order valence-corrected chi connectivity index (χ4v) is 4.94. The van der Waals surface area contributed by atoms with Gasteiger partial charge in [0.1, 0.15) is 5.82 Å². The fourth-order valence-electron chi connectivity index (χ4n) is 2.77. The van der Waals surface area contributed by atoms with Crippen LogP contribution in [0.25, 0.3) is 0 Å². The van der Waals surface area contributed by atoms with Crippen LogP contribution in [0.15, 0.2) is 54.2 Å². The number of rotatable bonds is 11. The number of nitrogens with one attached hydrogen (secondary N) is 1. The summed E-state index contributed by atoms with van der Waals surface area (Å²) in [5.41, 5.74) is 1.05. The molecule has 0 aliphatic heterocycles. The summed E-state index contributed by atoms with van der Waals surface area (Å²) in [7, 11) is 0. The maximum atomic E-state index is 12.4. The molecule has 8 nitrogen and oxygen atoms in total. The molecule has 1 amide bonds. The molecule has 0 aliphatic rings. The van der Waals surface area contributed by atoms with Crippen LogP contribution in [0.2, 0.25) is 15.1 Å². The smallest absolute Gasteiger partial charge is 0.271 e. The third-order valence-corrected chi connectivity index (χ3v) is 7.39. The molecule has 0 radical (unpaired) electrons. The predicted octanol–water partition coefficient (Wildman–Crippen LogP) is 6.50. The van der Waals surface area contributed by atoms with Gasteiger partial charge in [-0.15, -0.1) is 28.5 Å². The van der Waals surface area contributed by atoms with Crippen molar-refractivity contribution in [2.24, 2.45) is 0 Å². The molecule has 2 aromatic carbocycles. The average molecular weight is 559 g/mol. The van der Waals surface area contributed by atoms with Gasteiger partial charge in [0.05, 0.1) is 37.2 Å². The van der Waals surface area contributed by atoms with E-state index in [1.807, 2.05) is 16.7 Å². The molecule has 0 aliphatic carbocycles. The van der Waals surface area contributed by atoms with Crippen LogP contribution in [-0.2, 0) is 22.8 Å². The van der Waals surface area contributed by atoms with Gasteiger partial charge in [-0.3, -0.25) is 14.9 Å². The first-order valence-corrected chi connectivity index (χ1v) is 13.0. The minimum Gasteiger partial charge on any atom is -0.324 e. The van der Waals surface area contributed by atoms with E-state index in [0.717, 1.165) is 11.4 Å². The van der Waals surface area contributed by atoms with Crippen LogP contribution >= 0.6 is 58.3 Å². The van der Waals surface area contributed by atoms with E-state index >= 15 is 0 Å². The molecule has 0 saturated carbocycles. The third-order valence-electron chi connectivity index (χ3n) is 4.36. The summed E-state index contributed by atoms with van der Waals surface area (Å²) < 4.78 is 1.88. The molecule has 0 bridgehead atoms. The van der Waals surface area contributed by atoms with Crippen molar-refractivity contribution in [2.45, 2.75) is 23.2 Å². The number of hydrogen-bond donors (Lipinski definition) is 1. The van der Waals surface area contributed by atoms with Crippen molar-refractivity contribution < 1.29 is 9.72 Å². The predicted molar refractivity (Wildman–Crippen MR) is 139 cm³/mol. The highest BCUT2D eigenvalue weighted by Crippen LogP contribution is 2.28. The van der Waals surface area contributed by atoms with E-state index in [9.17, 15) is 14.9 Å². The van der Waals surface area contributed by atoms with Gasteiger partial charge in [-0.05, 0) is 23.8 Å². The number of carbonyl (C=O) groups excluding carboxylic acids is 1. The number of nitrogens with zero attached hydrogens (tertiary/aromatic N) is 4. The SMILES string of the molecule is C=CCn1c(CSCc2ccc(Cl)c(Cl)c2)nnc1SCC(=O)Nc1cc([N+](=O)[O-])ccc1Cl. The van der Waals surface area contributed by atoms with Crippen LogP contribution in [0.3, 0.4) is 0 Å². The van der Waals surface area contributed by atoms with E-state index in [-0.39, 0.29) is 28.1 Å². The second-order valence-electron chi connectivity index (χ2n) is 6.80. The molecule has 1 N–H and O–H groups in total. The quantitative estimate of drug-likeness (QED) is 0.124. The van der Waals surface area contributed by atoms with Gasteiger partial charge in [0.25, 0.3) is 5.69 Å². The van der Waals surface area contributed by atoms with Crippen molar-refractivity contribution >= 4 is 75.6 Å². The summed E-state index contributed by atoms with van der Waals surface area (Å²) in [6.07, 6.45) is 1.73. The lowest BCUT2D eigenvalue weighted by Gasteiger charge is -2.09. The Labute approximate surface area is 219 Å². The Morgan fingerprint density at radius 2 is 1.88 bits per heavy atom. The van der Waals surface area contributed by atoms with E-state index in [0.29, 0.717) is 33.3 Å². The second-order valence-corrected chi connectivity index (χ2v) is 9.95. The van der Waals surface area contributed by atoms with E-state index in [4.69, 9.17) is 34.8 Å². The molecule has 34 heavy (non-hydrogen) atoms. The zero-order chi connectivity index (χ0) is 24.7. The number of aromatic nitrogens is 3. The van der Waals surface area contributed by atoms with Crippen molar-refractivity contribution in [1.29, 1.82) is 0 Å². The monoisotopic (exact) mass is 557 g/mol. The van der Waals surface area contributed by atoms with Crippen LogP contribution in [-0.4, -0.2) is 31.3 Å². The number of nitro benzene ring substituents is 1. The van der Waals surface area contributed by atoms with Crippen molar-refractivity contribution in [3.05, 3.63) is 85.6 Å². The highest BCUT2D eigenvalue weighted by molar-refractivity contribution is 7.99. The molecule has 3 aromatic rings. The Balaban J connectivity index is 1.60. The lowest BCUT2D eigenvalue weighted by Crippen LogP contribution is -2.15. The molecule has 0 fully saturated rings. The molecule has 0 atom stereocenters. The molecule has 1 heterocycles. The van der Waals surface area contributed by atoms with Gasteiger partial charge < -0.3 is 9.88 Å². The van der Waals surface area contributed by atoms with Crippen molar-refractivity contribution in [1.82, 2.24) is 14.8 Å². The number of halogens is 3. The number of allylic oxidation sites excluding steroid dienone is 1. The summed E-state index contributed by atoms with van der Waals surface area (Å²) in [6.45, 7) is 4.26. The Morgan fingerprint density at radius 1 is 1.12 bits per heavy atom. The van der Waals surface area contributed by atoms with Crippen molar-refractivity contribution in [2.75, 3.05) is 11.1 Å². The summed E-state index contributed by atoms with van der Waals surface area (Å²) in [5, 5.41) is 23.8.